The summed E-state index contributed by atoms with van der Waals surface area (Å²) in [5.74, 6) is -3.05. The van der Waals surface area contributed by atoms with Crippen molar-refractivity contribution in [1.29, 1.82) is 0 Å². The molecular formula is C13H12ClNaO5. The topological polar surface area (TPSA) is 75.7 Å². The van der Waals surface area contributed by atoms with Crippen LogP contribution in [0.15, 0.2) is 30.0 Å². The number of halogens is 1. The van der Waals surface area contributed by atoms with Gasteiger partial charge in [0.2, 0.25) is 0 Å². The van der Waals surface area contributed by atoms with Crippen LogP contribution in [-0.2, 0) is 19.1 Å². The molecule has 0 saturated carbocycles. The predicted octanol–water partition coefficient (Wildman–Crippen LogP) is -1.85. The molecule has 0 saturated heterocycles. The monoisotopic (exact) mass is 306 g/mol. The van der Waals surface area contributed by atoms with E-state index >= 15 is 0 Å². The molecule has 0 aliphatic carbocycles. The first-order chi connectivity index (χ1) is 9.01. The number of hydrogen-bond donors (Lipinski definition) is 0. The van der Waals surface area contributed by atoms with Gasteiger partial charge in [-0.1, -0.05) is 23.7 Å². The Morgan fingerprint density at radius 1 is 1.20 bits per heavy atom. The Hall–Kier alpha value is -1.01. The molecule has 20 heavy (non-hydrogen) atoms. The van der Waals surface area contributed by atoms with Gasteiger partial charge in [-0.15, -0.1) is 0 Å². The maximum Gasteiger partial charge on any atom is 1.00 e. The maximum atomic E-state index is 11.9. The molecule has 0 aromatic heterocycles. The number of carbonyl (C=O) groups excluding carboxylic acids is 2. The van der Waals surface area contributed by atoms with Gasteiger partial charge in [0.15, 0.2) is 0 Å². The number of hydrogen-bond acceptors (Lipinski definition) is 5. The zero-order chi connectivity index (χ0) is 14.4. The van der Waals surface area contributed by atoms with Crippen molar-refractivity contribution in [2.24, 2.45) is 0 Å². The smallest absolute Gasteiger partial charge is 0.867 e. The van der Waals surface area contributed by atoms with Crippen LogP contribution < -0.4 is 34.7 Å². The summed E-state index contributed by atoms with van der Waals surface area (Å²) in [6, 6.07) is 5.90. The van der Waals surface area contributed by atoms with E-state index in [9.17, 15) is 14.7 Å². The second-order valence-electron chi connectivity index (χ2n) is 3.42. The molecule has 0 amide bonds. The predicted molar refractivity (Wildman–Crippen MR) is 67.0 cm³/mol. The average Bonchev–Trinajstić information content (AvgIpc) is 2.41. The molecule has 1 aromatic carbocycles. The largest absolute Gasteiger partial charge is 1.00 e. The van der Waals surface area contributed by atoms with Crippen LogP contribution in [0.25, 0.3) is 5.57 Å². The molecule has 0 spiro atoms. The van der Waals surface area contributed by atoms with E-state index < -0.39 is 17.7 Å². The van der Waals surface area contributed by atoms with Gasteiger partial charge in [0.1, 0.15) is 0 Å². The van der Waals surface area contributed by atoms with Crippen LogP contribution >= 0.6 is 11.6 Å². The Balaban J connectivity index is 0.00000361. The first-order valence-corrected chi connectivity index (χ1v) is 5.81. The fourth-order valence-electron chi connectivity index (χ4n) is 1.36. The van der Waals surface area contributed by atoms with Gasteiger partial charge >= 0.3 is 41.5 Å². The van der Waals surface area contributed by atoms with Crippen molar-refractivity contribution < 1.29 is 53.7 Å². The molecule has 0 bridgehead atoms. The standard InChI is InChI=1S/C13H13ClO5.Na/c1-3-19-13(17)11(15)10(12(16)18-2)8-4-6-9(14)7-5-8;/h4-7,15H,3H2,1-2H3;/q;+1/p-1/b11-10-;. The third kappa shape index (κ3) is 4.83. The van der Waals surface area contributed by atoms with Crippen molar-refractivity contribution in [2.45, 2.75) is 6.92 Å². The zero-order valence-corrected chi connectivity index (χ0v) is 14.2. The number of ether oxygens (including phenoxy) is 2. The minimum absolute atomic E-state index is 0. The Morgan fingerprint density at radius 2 is 1.75 bits per heavy atom. The number of benzene rings is 1. The van der Waals surface area contributed by atoms with E-state index in [1.54, 1.807) is 6.92 Å². The minimum Gasteiger partial charge on any atom is -0.867 e. The maximum absolute atomic E-state index is 11.9. The third-order valence-electron chi connectivity index (χ3n) is 2.21. The molecule has 102 valence electrons. The van der Waals surface area contributed by atoms with E-state index in [1.807, 2.05) is 0 Å². The van der Waals surface area contributed by atoms with E-state index in [0.29, 0.717) is 5.02 Å². The molecule has 0 unspecified atom stereocenters. The molecule has 0 radical (unpaired) electrons. The summed E-state index contributed by atoms with van der Waals surface area (Å²) in [7, 11) is 1.12. The van der Waals surface area contributed by atoms with Crippen LogP contribution in [0.3, 0.4) is 0 Å². The summed E-state index contributed by atoms with van der Waals surface area (Å²) in [6.07, 6.45) is 0. The van der Waals surface area contributed by atoms with Gasteiger partial charge in [-0.25, -0.2) is 9.59 Å². The molecule has 1 aromatic rings. The van der Waals surface area contributed by atoms with Crippen molar-refractivity contribution >= 4 is 29.1 Å². The van der Waals surface area contributed by atoms with Crippen molar-refractivity contribution in [3.05, 3.63) is 40.6 Å². The number of carbonyl (C=O) groups is 2. The first kappa shape index (κ1) is 19.0. The van der Waals surface area contributed by atoms with Crippen LogP contribution in [0.5, 0.6) is 0 Å². The molecule has 0 aliphatic rings. The van der Waals surface area contributed by atoms with Gasteiger partial charge in [0.25, 0.3) is 0 Å². The number of methoxy groups -OCH3 is 1. The van der Waals surface area contributed by atoms with E-state index in [4.69, 9.17) is 11.6 Å². The van der Waals surface area contributed by atoms with Crippen LogP contribution in [0.1, 0.15) is 12.5 Å². The second kappa shape index (κ2) is 9.02. The molecule has 0 heterocycles. The van der Waals surface area contributed by atoms with Crippen molar-refractivity contribution in [1.82, 2.24) is 0 Å². The SMILES string of the molecule is CCOC(=O)/C([O-])=C(/C(=O)OC)c1ccc(Cl)cc1.[Na+]. The van der Waals surface area contributed by atoms with Gasteiger partial charge in [0.05, 0.1) is 19.3 Å². The van der Waals surface area contributed by atoms with Gasteiger partial charge in [-0.05, 0) is 30.4 Å². The van der Waals surface area contributed by atoms with Gasteiger partial charge in [0, 0.05) is 5.02 Å². The Bertz CT molecular complexity index is 510. The van der Waals surface area contributed by atoms with Gasteiger partial charge < -0.3 is 14.6 Å². The van der Waals surface area contributed by atoms with Crippen LogP contribution in [-0.4, -0.2) is 25.7 Å². The first-order valence-electron chi connectivity index (χ1n) is 5.44. The summed E-state index contributed by atoms with van der Waals surface area (Å²) in [5.41, 5.74) is -0.132. The fourth-order valence-corrected chi connectivity index (χ4v) is 1.48. The minimum atomic E-state index is -1.10. The van der Waals surface area contributed by atoms with Crippen molar-refractivity contribution in [3.8, 4) is 0 Å². The zero-order valence-electron chi connectivity index (χ0n) is 11.4. The molecular weight excluding hydrogens is 295 g/mol. The Labute approximate surface area is 143 Å². The summed E-state index contributed by atoms with van der Waals surface area (Å²) < 4.78 is 9.09. The summed E-state index contributed by atoms with van der Waals surface area (Å²) in [5, 5.41) is 12.3. The normalized spacial score (nSPS) is 10.9. The van der Waals surface area contributed by atoms with E-state index in [2.05, 4.69) is 9.47 Å². The molecule has 0 N–H and O–H groups in total. The van der Waals surface area contributed by atoms with E-state index in [0.717, 1.165) is 7.11 Å². The van der Waals surface area contributed by atoms with Gasteiger partial charge in [-0.2, -0.15) is 0 Å². The summed E-state index contributed by atoms with van der Waals surface area (Å²) in [4.78, 5) is 23.0. The Morgan fingerprint density at radius 3 is 2.20 bits per heavy atom. The van der Waals surface area contributed by atoms with Crippen molar-refractivity contribution in [3.63, 3.8) is 0 Å². The fraction of sp³-hybridized carbons (Fsp3) is 0.231. The summed E-state index contributed by atoms with van der Waals surface area (Å²) in [6.45, 7) is 1.60. The Kier molecular flexibility index (Phi) is 8.57. The number of esters is 2. The van der Waals surface area contributed by atoms with E-state index in [1.165, 1.54) is 24.3 Å². The summed E-state index contributed by atoms with van der Waals surface area (Å²) >= 11 is 5.72. The van der Waals surface area contributed by atoms with Crippen molar-refractivity contribution in [2.75, 3.05) is 13.7 Å². The van der Waals surface area contributed by atoms with Crippen LogP contribution in [0, 0.1) is 0 Å². The van der Waals surface area contributed by atoms with Crippen LogP contribution in [0.4, 0.5) is 0 Å². The number of rotatable bonds is 4. The average molecular weight is 307 g/mol. The molecule has 0 fully saturated rings. The second-order valence-corrected chi connectivity index (χ2v) is 3.86. The van der Waals surface area contributed by atoms with Gasteiger partial charge in [-0.3, -0.25) is 0 Å². The molecule has 7 heteroatoms. The molecule has 5 nitrogen and oxygen atoms in total. The molecule has 0 atom stereocenters. The molecule has 1 rings (SSSR count). The van der Waals surface area contributed by atoms with E-state index in [-0.39, 0.29) is 47.3 Å². The molecule has 0 aliphatic heterocycles. The third-order valence-corrected chi connectivity index (χ3v) is 2.46. The quantitative estimate of drug-likeness (QED) is 0.283. The van der Waals surface area contributed by atoms with Crippen LogP contribution in [0.2, 0.25) is 5.02 Å².